The van der Waals surface area contributed by atoms with Crippen molar-refractivity contribution in [1.82, 2.24) is 20.2 Å². The predicted octanol–water partition coefficient (Wildman–Crippen LogP) is 3.23. The second-order valence-electron chi connectivity index (χ2n) is 8.87. The summed E-state index contributed by atoms with van der Waals surface area (Å²) in [6.45, 7) is 7.67. The van der Waals surface area contributed by atoms with Gasteiger partial charge < -0.3 is 19.9 Å². The number of hydrogen-bond donors (Lipinski definition) is 1. The van der Waals surface area contributed by atoms with E-state index in [0.29, 0.717) is 6.54 Å². The molecule has 0 saturated carbocycles. The summed E-state index contributed by atoms with van der Waals surface area (Å²) in [7, 11) is 1.69. The highest BCUT2D eigenvalue weighted by Crippen LogP contribution is 2.22. The smallest absolute Gasteiger partial charge is 0.408 e. The molecule has 31 heavy (non-hydrogen) atoms. The molecule has 8 nitrogen and oxygen atoms in total. The zero-order valence-corrected chi connectivity index (χ0v) is 18.7. The summed E-state index contributed by atoms with van der Waals surface area (Å²) >= 11 is 0. The van der Waals surface area contributed by atoms with E-state index in [1.165, 1.54) is 17.7 Å². The average molecular weight is 426 g/mol. The van der Waals surface area contributed by atoms with Gasteiger partial charge in [-0.3, -0.25) is 4.79 Å². The monoisotopic (exact) mass is 425 g/mol. The normalized spacial score (nSPS) is 13.7. The molecule has 0 atom stereocenters. The molecular weight excluding hydrogens is 394 g/mol. The predicted molar refractivity (Wildman–Crippen MR) is 120 cm³/mol. The van der Waals surface area contributed by atoms with Gasteiger partial charge in [0.05, 0.1) is 0 Å². The average Bonchev–Trinajstić information content (AvgIpc) is 3.26. The Morgan fingerprint density at radius 1 is 1.13 bits per heavy atom. The Morgan fingerprint density at radius 2 is 1.81 bits per heavy atom. The fourth-order valence-corrected chi connectivity index (χ4v) is 3.34. The van der Waals surface area contributed by atoms with Crippen LogP contribution in [0.25, 0.3) is 11.1 Å². The van der Waals surface area contributed by atoms with Crippen molar-refractivity contribution in [2.45, 2.75) is 45.7 Å². The van der Waals surface area contributed by atoms with E-state index < -0.39 is 11.6 Å². The zero-order valence-electron chi connectivity index (χ0n) is 18.7. The largest absolute Gasteiger partial charge is 0.439 e. The maximum absolute atomic E-state index is 12.3. The SMILES string of the molecule is CN(Cc1cccc(-c2cnc(N3CCCC3)nc2)c1)C(=O)COC(=O)NC(C)(C)C. The van der Waals surface area contributed by atoms with E-state index in [0.717, 1.165) is 35.7 Å². The maximum atomic E-state index is 12.3. The highest BCUT2D eigenvalue weighted by atomic mass is 16.6. The van der Waals surface area contributed by atoms with Crippen molar-refractivity contribution in [3.63, 3.8) is 0 Å². The number of benzene rings is 1. The lowest BCUT2D eigenvalue weighted by molar-refractivity contribution is -0.133. The van der Waals surface area contributed by atoms with E-state index in [1.807, 2.05) is 57.4 Å². The van der Waals surface area contributed by atoms with Gasteiger partial charge in [0.15, 0.2) is 6.61 Å². The van der Waals surface area contributed by atoms with Crippen LogP contribution in [0.2, 0.25) is 0 Å². The van der Waals surface area contributed by atoms with Crippen LogP contribution in [0.15, 0.2) is 36.7 Å². The topological polar surface area (TPSA) is 87.7 Å². The van der Waals surface area contributed by atoms with Crippen LogP contribution >= 0.6 is 0 Å². The van der Waals surface area contributed by atoms with Crippen LogP contribution in [0.5, 0.6) is 0 Å². The number of hydrogen-bond acceptors (Lipinski definition) is 6. The van der Waals surface area contributed by atoms with Crippen LogP contribution in [0, 0.1) is 0 Å². The van der Waals surface area contributed by atoms with E-state index in [9.17, 15) is 9.59 Å². The van der Waals surface area contributed by atoms with Crippen LogP contribution in [0.3, 0.4) is 0 Å². The number of amides is 2. The number of anilines is 1. The molecule has 3 rings (SSSR count). The van der Waals surface area contributed by atoms with E-state index in [2.05, 4.69) is 20.2 Å². The fraction of sp³-hybridized carbons (Fsp3) is 0.478. The number of nitrogens with one attached hydrogen (secondary N) is 1. The third-order valence-corrected chi connectivity index (χ3v) is 4.94. The first-order valence-electron chi connectivity index (χ1n) is 10.6. The van der Waals surface area contributed by atoms with E-state index in [-0.39, 0.29) is 12.5 Å². The molecule has 0 spiro atoms. The number of carbonyl (C=O) groups excluding carboxylic acids is 2. The first kappa shape index (κ1) is 22.5. The summed E-state index contributed by atoms with van der Waals surface area (Å²) < 4.78 is 5.02. The molecule has 2 aromatic rings. The Balaban J connectivity index is 1.57. The second kappa shape index (κ2) is 9.76. The molecule has 0 bridgehead atoms. The summed E-state index contributed by atoms with van der Waals surface area (Å²) in [6.07, 6.45) is 5.46. The number of carbonyl (C=O) groups is 2. The lowest BCUT2D eigenvalue weighted by Gasteiger charge is -2.21. The molecule has 1 saturated heterocycles. The van der Waals surface area contributed by atoms with Crippen LogP contribution in [0.4, 0.5) is 10.7 Å². The van der Waals surface area contributed by atoms with Gasteiger partial charge in [-0.1, -0.05) is 18.2 Å². The van der Waals surface area contributed by atoms with Crippen molar-refractivity contribution >= 4 is 17.9 Å². The molecular formula is C23H31N5O3. The lowest BCUT2D eigenvalue weighted by atomic mass is 10.1. The third-order valence-electron chi connectivity index (χ3n) is 4.94. The van der Waals surface area contributed by atoms with Gasteiger partial charge in [-0.05, 0) is 50.8 Å². The van der Waals surface area contributed by atoms with Crippen molar-refractivity contribution in [2.24, 2.45) is 0 Å². The van der Waals surface area contributed by atoms with Crippen LogP contribution < -0.4 is 10.2 Å². The van der Waals surface area contributed by atoms with Crippen molar-refractivity contribution in [3.8, 4) is 11.1 Å². The third kappa shape index (κ3) is 6.67. The molecule has 2 amide bonds. The number of nitrogens with zero attached hydrogens (tertiary/aromatic N) is 4. The molecule has 1 N–H and O–H groups in total. The van der Waals surface area contributed by atoms with Crippen LogP contribution in [-0.2, 0) is 16.1 Å². The Bertz CT molecular complexity index is 902. The molecule has 8 heteroatoms. The summed E-state index contributed by atoms with van der Waals surface area (Å²) in [6, 6.07) is 7.93. The molecule has 0 aliphatic carbocycles. The van der Waals surface area contributed by atoms with Gasteiger partial charge in [0.2, 0.25) is 5.95 Å². The zero-order chi connectivity index (χ0) is 22.4. The quantitative estimate of drug-likeness (QED) is 0.765. The van der Waals surface area contributed by atoms with Crippen molar-refractivity contribution in [2.75, 3.05) is 31.6 Å². The summed E-state index contributed by atoms with van der Waals surface area (Å²) in [4.78, 5) is 36.8. The number of aromatic nitrogens is 2. The summed E-state index contributed by atoms with van der Waals surface area (Å²) in [5.41, 5.74) is 2.48. The number of rotatable bonds is 6. The lowest BCUT2D eigenvalue weighted by Crippen LogP contribution is -2.42. The minimum Gasteiger partial charge on any atom is -0.439 e. The Kier molecular flexibility index (Phi) is 7.09. The minimum absolute atomic E-state index is 0.271. The van der Waals surface area contributed by atoms with Gasteiger partial charge in [-0.2, -0.15) is 0 Å². The van der Waals surface area contributed by atoms with Gasteiger partial charge >= 0.3 is 6.09 Å². The van der Waals surface area contributed by atoms with Gasteiger partial charge in [-0.15, -0.1) is 0 Å². The number of alkyl carbamates (subject to hydrolysis) is 1. The number of ether oxygens (including phenoxy) is 1. The van der Waals surface area contributed by atoms with E-state index >= 15 is 0 Å². The molecule has 0 radical (unpaired) electrons. The Morgan fingerprint density at radius 3 is 2.45 bits per heavy atom. The number of likely N-dealkylation sites (N-methyl/N-ethyl adjacent to an activating group) is 1. The van der Waals surface area contributed by atoms with E-state index in [1.54, 1.807) is 7.05 Å². The standard InChI is InChI=1S/C23H31N5O3/c1-23(2,3)26-22(30)31-16-20(29)27(4)15-17-8-7-9-18(12-17)19-13-24-21(25-14-19)28-10-5-6-11-28/h7-9,12-14H,5-6,10-11,15-16H2,1-4H3,(H,26,30). The van der Waals surface area contributed by atoms with Gasteiger partial charge in [0.25, 0.3) is 5.91 Å². The molecule has 1 aliphatic heterocycles. The molecule has 1 aromatic heterocycles. The Hall–Kier alpha value is -3.16. The van der Waals surface area contributed by atoms with Gasteiger partial charge in [0, 0.05) is 50.2 Å². The maximum Gasteiger partial charge on any atom is 0.408 e. The highest BCUT2D eigenvalue weighted by Gasteiger charge is 2.18. The summed E-state index contributed by atoms with van der Waals surface area (Å²) in [5.74, 6) is 0.506. The molecule has 2 heterocycles. The second-order valence-corrected chi connectivity index (χ2v) is 8.87. The molecule has 1 aromatic carbocycles. The molecule has 1 fully saturated rings. The highest BCUT2D eigenvalue weighted by molar-refractivity contribution is 5.80. The van der Waals surface area contributed by atoms with Gasteiger partial charge in [0.1, 0.15) is 0 Å². The first-order chi connectivity index (χ1) is 14.7. The van der Waals surface area contributed by atoms with Crippen LogP contribution in [0.1, 0.15) is 39.2 Å². The first-order valence-corrected chi connectivity index (χ1v) is 10.6. The molecule has 166 valence electrons. The minimum atomic E-state index is -0.603. The molecule has 1 aliphatic rings. The van der Waals surface area contributed by atoms with Crippen molar-refractivity contribution in [3.05, 3.63) is 42.2 Å². The van der Waals surface area contributed by atoms with Crippen molar-refractivity contribution in [1.29, 1.82) is 0 Å². The van der Waals surface area contributed by atoms with E-state index in [4.69, 9.17) is 4.74 Å². The Labute approximate surface area is 183 Å². The molecule has 0 unspecified atom stereocenters. The van der Waals surface area contributed by atoms with Gasteiger partial charge in [-0.25, -0.2) is 14.8 Å². The van der Waals surface area contributed by atoms with Crippen LogP contribution in [-0.4, -0.2) is 59.2 Å². The van der Waals surface area contributed by atoms with Crippen molar-refractivity contribution < 1.29 is 14.3 Å². The summed E-state index contributed by atoms with van der Waals surface area (Å²) in [5, 5.41) is 2.66. The fourth-order valence-electron chi connectivity index (χ4n) is 3.34.